The van der Waals surface area contributed by atoms with Gasteiger partial charge in [-0.15, -0.1) is 12.4 Å². The molecule has 1 aromatic rings. The van der Waals surface area contributed by atoms with Gasteiger partial charge >= 0.3 is 0 Å². The Balaban J connectivity index is 0.00000200. The van der Waals surface area contributed by atoms with Gasteiger partial charge < -0.3 is 15.4 Å². The molecule has 1 saturated heterocycles. The molecule has 1 amide bonds. The lowest BCUT2D eigenvalue weighted by molar-refractivity contribution is 0.0762. The number of likely N-dealkylation sites (tertiary alicyclic amines) is 1. The predicted molar refractivity (Wildman–Crippen MR) is 83.3 cm³/mol. The summed E-state index contributed by atoms with van der Waals surface area (Å²) in [6, 6.07) is 5.50. The van der Waals surface area contributed by atoms with E-state index in [9.17, 15) is 4.79 Å². The molecule has 4 nitrogen and oxygen atoms in total. The van der Waals surface area contributed by atoms with Gasteiger partial charge in [-0.2, -0.15) is 0 Å². The van der Waals surface area contributed by atoms with Crippen LogP contribution in [-0.2, 0) is 4.74 Å². The Morgan fingerprint density at radius 3 is 2.95 bits per heavy atom. The van der Waals surface area contributed by atoms with Crippen molar-refractivity contribution in [2.45, 2.75) is 20.3 Å². The average molecular weight is 299 g/mol. The average Bonchev–Trinajstić information content (AvgIpc) is 2.87. The van der Waals surface area contributed by atoms with Crippen molar-refractivity contribution >= 4 is 24.0 Å². The highest BCUT2D eigenvalue weighted by Crippen LogP contribution is 2.21. The molecule has 0 spiro atoms. The first-order valence-electron chi connectivity index (χ1n) is 6.85. The van der Waals surface area contributed by atoms with E-state index < -0.39 is 0 Å². The number of hydrogen-bond acceptors (Lipinski definition) is 3. The Kier molecular flexibility index (Phi) is 6.30. The summed E-state index contributed by atoms with van der Waals surface area (Å²) < 4.78 is 5.44. The van der Waals surface area contributed by atoms with Crippen LogP contribution in [0.25, 0.3) is 0 Å². The van der Waals surface area contributed by atoms with Gasteiger partial charge in [0.25, 0.3) is 5.91 Å². The highest BCUT2D eigenvalue weighted by molar-refractivity contribution is 5.96. The third kappa shape index (κ3) is 3.87. The molecule has 2 rings (SSSR count). The Bertz CT molecular complexity index is 465. The zero-order valence-electron chi connectivity index (χ0n) is 12.1. The number of benzene rings is 1. The number of hydrogen-bond donors (Lipinski definition) is 1. The molecule has 0 bridgehead atoms. The molecule has 1 unspecified atom stereocenters. The molecule has 20 heavy (non-hydrogen) atoms. The second kappa shape index (κ2) is 7.50. The van der Waals surface area contributed by atoms with E-state index in [1.807, 2.05) is 30.9 Å². The quantitative estimate of drug-likeness (QED) is 0.869. The van der Waals surface area contributed by atoms with E-state index in [-0.39, 0.29) is 18.3 Å². The maximum atomic E-state index is 12.5. The van der Waals surface area contributed by atoms with Gasteiger partial charge in [0, 0.05) is 36.9 Å². The van der Waals surface area contributed by atoms with Crippen molar-refractivity contribution in [2.24, 2.45) is 5.92 Å². The highest BCUT2D eigenvalue weighted by atomic mass is 35.5. The summed E-state index contributed by atoms with van der Waals surface area (Å²) in [6.45, 7) is 7.02. The van der Waals surface area contributed by atoms with E-state index in [1.54, 1.807) is 6.07 Å². The van der Waals surface area contributed by atoms with E-state index >= 15 is 0 Å². The highest BCUT2D eigenvalue weighted by Gasteiger charge is 2.27. The lowest BCUT2D eigenvalue weighted by Gasteiger charge is -2.18. The number of nitrogen functional groups attached to an aromatic ring is 1. The fraction of sp³-hybridized carbons (Fsp3) is 0.533. The number of carbonyl (C=O) groups is 1. The Morgan fingerprint density at radius 1 is 1.50 bits per heavy atom. The van der Waals surface area contributed by atoms with E-state index in [0.29, 0.717) is 11.6 Å². The van der Waals surface area contributed by atoms with E-state index in [4.69, 9.17) is 10.5 Å². The standard InChI is InChI=1S/C15H22N2O2.ClH/c1-3-19-10-12-6-7-17(9-12)15(18)14-8-13(16)5-4-11(14)2;/h4-5,8,12H,3,6-7,9-10,16H2,1-2H3;1H. The summed E-state index contributed by atoms with van der Waals surface area (Å²) in [4.78, 5) is 14.4. The van der Waals surface area contributed by atoms with E-state index in [2.05, 4.69) is 0 Å². The summed E-state index contributed by atoms with van der Waals surface area (Å²) in [7, 11) is 0. The molecule has 0 aromatic heterocycles. The summed E-state index contributed by atoms with van der Waals surface area (Å²) in [5.74, 6) is 0.550. The summed E-state index contributed by atoms with van der Waals surface area (Å²) >= 11 is 0. The van der Waals surface area contributed by atoms with Crippen molar-refractivity contribution in [1.82, 2.24) is 4.90 Å². The minimum atomic E-state index is 0. The number of nitrogens with zero attached hydrogens (tertiary/aromatic N) is 1. The van der Waals surface area contributed by atoms with Crippen LogP contribution in [0.5, 0.6) is 0 Å². The maximum absolute atomic E-state index is 12.5. The minimum absolute atomic E-state index is 0. The SMILES string of the molecule is CCOCC1CCN(C(=O)c2cc(N)ccc2C)C1.Cl. The number of ether oxygens (including phenoxy) is 1. The van der Waals surface area contributed by atoms with Crippen molar-refractivity contribution in [3.05, 3.63) is 29.3 Å². The number of amides is 1. The largest absolute Gasteiger partial charge is 0.399 e. The van der Waals surface area contributed by atoms with Crippen LogP contribution in [0.3, 0.4) is 0 Å². The number of halogens is 1. The van der Waals surface area contributed by atoms with E-state index in [1.165, 1.54) is 0 Å². The lowest BCUT2D eigenvalue weighted by Crippen LogP contribution is -2.30. The molecule has 0 saturated carbocycles. The van der Waals surface area contributed by atoms with Crippen molar-refractivity contribution in [3.63, 3.8) is 0 Å². The second-order valence-electron chi connectivity index (χ2n) is 5.14. The van der Waals surface area contributed by atoms with Crippen molar-refractivity contribution in [3.8, 4) is 0 Å². The van der Waals surface area contributed by atoms with Crippen LogP contribution in [0.15, 0.2) is 18.2 Å². The van der Waals surface area contributed by atoms with Crippen LogP contribution in [-0.4, -0.2) is 37.1 Å². The van der Waals surface area contributed by atoms with Gasteiger partial charge in [-0.25, -0.2) is 0 Å². The zero-order valence-corrected chi connectivity index (χ0v) is 12.9. The van der Waals surface area contributed by atoms with Gasteiger partial charge in [0.2, 0.25) is 0 Å². The summed E-state index contributed by atoms with van der Waals surface area (Å²) in [6.07, 6.45) is 1.02. The summed E-state index contributed by atoms with van der Waals surface area (Å²) in [5.41, 5.74) is 8.10. The molecule has 1 aromatic carbocycles. The number of rotatable bonds is 4. The molecule has 1 fully saturated rings. The van der Waals surface area contributed by atoms with Crippen molar-refractivity contribution in [2.75, 3.05) is 32.0 Å². The second-order valence-corrected chi connectivity index (χ2v) is 5.14. The van der Waals surface area contributed by atoms with Crippen molar-refractivity contribution < 1.29 is 9.53 Å². The molecule has 1 aliphatic heterocycles. The van der Waals surface area contributed by atoms with Gasteiger partial charge in [0.15, 0.2) is 0 Å². The van der Waals surface area contributed by atoms with Gasteiger partial charge in [0.05, 0.1) is 6.61 Å². The number of anilines is 1. The van der Waals surface area contributed by atoms with Crippen LogP contribution in [0.2, 0.25) is 0 Å². The predicted octanol–water partition coefficient (Wildman–Crippen LogP) is 2.50. The Labute approximate surface area is 126 Å². The smallest absolute Gasteiger partial charge is 0.254 e. The van der Waals surface area contributed by atoms with E-state index in [0.717, 1.165) is 43.9 Å². The molecule has 5 heteroatoms. The molecule has 2 N–H and O–H groups in total. The molecular formula is C15H23ClN2O2. The third-order valence-electron chi connectivity index (χ3n) is 3.62. The third-order valence-corrected chi connectivity index (χ3v) is 3.62. The summed E-state index contributed by atoms with van der Waals surface area (Å²) in [5, 5.41) is 0. The van der Waals surface area contributed by atoms with Gasteiger partial charge in [-0.1, -0.05) is 6.07 Å². The normalized spacial score (nSPS) is 17.9. The fourth-order valence-electron chi connectivity index (χ4n) is 2.48. The number of aryl methyl sites for hydroxylation is 1. The van der Waals surface area contributed by atoms with Crippen LogP contribution >= 0.6 is 12.4 Å². The molecule has 112 valence electrons. The minimum Gasteiger partial charge on any atom is -0.399 e. The number of nitrogens with two attached hydrogens (primary N) is 1. The molecule has 1 aliphatic rings. The first kappa shape index (κ1) is 16.8. The molecule has 1 atom stereocenters. The topological polar surface area (TPSA) is 55.6 Å². The number of carbonyl (C=O) groups excluding carboxylic acids is 1. The van der Waals surface area contributed by atoms with Crippen molar-refractivity contribution in [1.29, 1.82) is 0 Å². The van der Waals surface area contributed by atoms with Gasteiger partial charge in [0.1, 0.15) is 0 Å². The van der Waals surface area contributed by atoms with Gasteiger partial charge in [-0.05, 0) is 38.0 Å². The maximum Gasteiger partial charge on any atom is 0.254 e. The first-order valence-corrected chi connectivity index (χ1v) is 6.85. The van der Waals surface area contributed by atoms with Crippen LogP contribution in [0.4, 0.5) is 5.69 Å². The lowest BCUT2D eigenvalue weighted by atomic mass is 10.1. The van der Waals surface area contributed by atoms with Gasteiger partial charge in [-0.3, -0.25) is 4.79 Å². The molecule has 0 aliphatic carbocycles. The Morgan fingerprint density at radius 2 is 2.25 bits per heavy atom. The fourth-order valence-corrected chi connectivity index (χ4v) is 2.48. The van der Waals surface area contributed by atoms with Crippen LogP contribution < -0.4 is 5.73 Å². The first-order chi connectivity index (χ1) is 9.11. The zero-order chi connectivity index (χ0) is 13.8. The monoisotopic (exact) mass is 298 g/mol. The molecule has 1 heterocycles. The Hall–Kier alpha value is -1.26. The van der Waals surface area contributed by atoms with Crippen LogP contribution in [0, 0.1) is 12.8 Å². The van der Waals surface area contributed by atoms with Crippen LogP contribution in [0.1, 0.15) is 29.3 Å². The molecule has 0 radical (unpaired) electrons. The molecular weight excluding hydrogens is 276 g/mol.